The quantitative estimate of drug-likeness (QED) is 0.503. The molecule has 0 saturated carbocycles. The number of nitrogens with zero attached hydrogens (tertiary/aromatic N) is 1. The number of nitrogens with one attached hydrogen (secondary N) is 1. The number of ether oxygens (including phenoxy) is 2. The number of benzene rings is 3. The summed E-state index contributed by atoms with van der Waals surface area (Å²) >= 11 is 1.64. The summed E-state index contributed by atoms with van der Waals surface area (Å²) in [6.45, 7) is 0.422. The minimum absolute atomic E-state index is 0.113. The fourth-order valence-corrected chi connectivity index (χ4v) is 4.94. The van der Waals surface area contributed by atoms with Crippen molar-refractivity contribution in [2.24, 2.45) is 0 Å². The fraction of sp³-hybridized carbons (Fsp3) is 0.231. The zero-order chi connectivity index (χ0) is 23.2. The molecule has 7 heteroatoms. The van der Waals surface area contributed by atoms with Crippen molar-refractivity contribution in [3.8, 4) is 11.5 Å². The van der Waals surface area contributed by atoms with Gasteiger partial charge in [-0.1, -0.05) is 48.5 Å². The van der Waals surface area contributed by atoms with Crippen molar-refractivity contribution in [3.05, 3.63) is 89.5 Å². The number of hydrogen-bond acceptors (Lipinski definition) is 5. The van der Waals surface area contributed by atoms with Crippen LogP contribution in [0.25, 0.3) is 0 Å². The van der Waals surface area contributed by atoms with Crippen LogP contribution in [0.15, 0.2) is 72.8 Å². The third kappa shape index (κ3) is 5.14. The highest BCUT2D eigenvalue weighted by molar-refractivity contribution is 7.98. The molecule has 3 aromatic carbocycles. The predicted molar refractivity (Wildman–Crippen MR) is 131 cm³/mol. The van der Waals surface area contributed by atoms with Crippen molar-refractivity contribution < 1.29 is 19.1 Å². The molecular formula is C26H26N2O4S. The molecular weight excluding hydrogens is 436 g/mol. The van der Waals surface area contributed by atoms with Crippen LogP contribution in [0.1, 0.15) is 21.5 Å². The van der Waals surface area contributed by atoms with Gasteiger partial charge in [-0.3, -0.25) is 9.59 Å². The number of amides is 2. The van der Waals surface area contributed by atoms with Crippen molar-refractivity contribution in [2.45, 2.75) is 18.3 Å². The molecule has 1 N–H and O–H groups in total. The lowest BCUT2D eigenvalue weighted by Crippen LogP contribution is -2.46. The summed E-state index contributed by atoms with van der Waals surface area (Å²) < 4.78 is 10.6. The Labute approximate surface area is 197 Å². The van der Waals surface area contributed by atoms with E-state index in [1.54, 1.807) is 49.1 Å². The first-order valence-electron chi connectivity index (χ1n) is 10.6. The Balaban J connectivity index is 1.53. The molecule has 170 valence electrons. The molecule has 0 aliphatic carbocycles. The molecule has 0 unspecified atom stereocenters. The van der Waals surface area contributed by atoms with Gasteiger partial charge in [-0.05, 0) is 29.3 Å². The molecule has 1 atom stereocenters. The average Bonchev–Trinajstić information content (AvgIpc) is 3.18. The van der Waals surface area contributed by atoms with Crippen molar-refractivity contribution >= 4 is 29.3 Å². The molecule has 33 heavy (non-hydrogen) atoms. The van der Waals surface area contributed by atoms with Crippen LogP contribution in [0.4, 0.5) is 5.69 Å². The van der Waals surface area contributed by atoms with Gasteiger partial charge in [0.1, 0.15) is 6.04 Å². The van der Waals surface area contributed by atoms with Crippen molar-refractivity contribution in [1.29, 1.82) is 0 Å². The van der Waals surface area contributed by atoms with E-state index < -0.39 is 6.04 Å². The molecule has 6 nitrogen and oxygen atoms in total. The van der Waals surface area contributed by atoms with E-state index in [-0.39, 0.29) is 11.8 Å². The molecule has 0 radical (unpaired) electrons. The number of anilines is 1. The van der Waals surface area contributed by atoms with Gasteiger partial charge in [-0.25, -0.2) is 0 Å². The second-order valence-corrected chi connectivity index (χ2v) is 8.70. The molecule has 0 aromatic heterocycles. The van der Waals surface area contributed by atoms with E-state index >= 15 is 0 Å². The molecule has 0 bridgehead atoms. The fourth-order valence-electron chi connectivity index (χ4n) is 3.84. The zero-order valence-corrected chi connectivity index (χ0v) is 19.4. The zero-order valence-electron chi connectivity index (χ0n) is 18.6. The van der Waals surface area contributed by atoms with Crippen LogP contribution < -0.4 is 14.8 Å². The number of fused-ring (bicyclic) bond motifs is 1. The average molecular weight is 463 g/mol. The van der Waals surface area contributed by atoms with E-state index in [1.807, 2.05) is 42.5 Å². The van der Waals surface area contributed by atoms with Gasteiger partial charge < -0.3 is 19.7 Å². The Morgan fingerprint density at radius 3 is 2.45 bits per heavy atom. The van der Waals surface area contributed by atoms with Gasteiger partial charge in [-0.2, -0.15) is 11.8 Å². The third-order valence-corrected chi connectivity index (χ3v) is 6.66. The minimum Gasteiger partial charge on any atom is -0.493 e. The summed E-state index contributed by atoms with van der Waals surface area (Å²) in [6.07, 6.45) is 0. The molecule has 1 aliphatic heterocycles. The van der Waals surface area contributed by atoms with Crippen LogP contribution in [0.3, 0.4) is 0 Å². The maximum Gasteiger partial charge on any atom is 0.255 e. The van der Waals surface area contributed by atoms with Crippen LogP contribution >= 0.6 is 11.8 Å². The van der Waals surface area contributed by atoms with Gasteiger partial charge in [0.25, 0.3) is 5.91 Å². The second kappa shape index (κ2) is 10.4. The Bertz CT molecular complexity index is 1140. The SMILES string of the molecule is COc1ccc(NC(=O)[C@H](CSCc2ccccc2)N2Cc3ccccc3C2=O)cc1OC. The monoisotopic (exact) mass is 462 g/mol. The maximum absolute atomic E-state index is 13.4. The number of hydrogen-bond donors (Lipinski definition) is 1. The van der Waals surface area contributed by atoms with Gasteiger partial charge in [0, 0.05) is 35.4 Å². The molecule has 1 aliphatic rings. The first-order chi connectivity index (χ1) is 16.1. The molecule has 2 amide bonds. The van der Waals surface area contributed by atoms with Crippen LogP contribution in [0, 0.1) is 0 Å². The lowest BCUT2D eigenvalue weighted by molar-refractivity contribution is -0.119. The number of methoxy groups -OCH3 is 2. The lowest BCUT2D eigenvalue weighted by atomic mass is 10.1. The first-order valence-corrected chi connectivity index (χ1v) is 11.8. The van der Waals surface area contributed by atoms with Gasteiger partial charge in [0.2, 0.25) is 5.91 Å². The Morgan fingerprint density at radius 1 is 1.00 bits per heavy atom. The highest BCUT2D eigenvalue weighted by Gasteiger charge is 2.36. The summed E-state index contributed by atoms with van der Waals surface area (Å²) in [6, 6.07) is 22.2. The summed E-state index contributed by atoms with van der Waals surface area (Å²) in [4.78, 5) is 28.2. The topological polar surface area (TPSA) is 67.9 Å². The number of thioether (sulfide) groups is 1. The van der Waals surface area contributed by atoms with E-state index in [9.17, 15) is 9.59 Å². The van der Waals surface area contributed by atoms with E-state index in [4.69, 9.17) is 9.47 Å². The van der Waals surface area contributed by atoms with E-state index in [2.05, 4.69) is 17.4 Å². The van der Waals surface area contributed by atoms with Crippen molar-refractivity contribution in [1.82, 2.24) is 4.90 Å². The second-order valence-electron chi connectivity index (χ2n) is 7.67. The number of carbonyl (C=O) groups is 2. The highest BCUT2D eigenvalue weighted by atomic mass is 32.2. The summed E-state index contributed by atoms with van der Waals surface area (Å²) in [5.74, 6) is 2.00. The third-order valence-electron chi connectivity index (χ3n) is 5.57. The van der Waals surface area contributed by atoms with E-state index in [1.165, 1.54) is 5.56 Å². The Kier molecular flexibility index (Phi) is 7.19. The summed E-state index contributed by atoms with van der Waals surface area (Å²) in [5, 5.41) is 2.96. The molecule has 1 heterocycles. The molecule has 4 rings (SSSR count). The van der Waals surface area contributed by atoms with Crippen molar-refractivity contribution in [3.63, 3.8) is 0 Å². The number of rotatable bonds is 9. The highest BCUT2D eigenvalue weighted by Crippen LogP contribution is 2.31. The van der Waals surface area contributed by atoms with E-state index in [0.717, 1.165) is 11.3 Å². The Hall–Kier alpha value is -3.45. The standard InChI is InChI=1S/C26H26N2O4S/c1-31-23-13-12-20(14-24(23)32-2)27-25(29)22(17-33-16-18-8-4-3-5-9-18)28-15-19-10-6-7-11-21(19)26(28)30/h3-14,22H,15-17H2,1-2H3,(H,27,29)/t22-/m0/s1. The van der Waals surface area contributed by atoms with Crippen LogP contribution in [0.5, 0.6) is 11.5 Å². The minimum atomic E-state index is -0.619. The molecule has 3 aromatic rings. The first kappa shape index (κ1) is 22.7. The maximum atomic E-state index is 13.4. The van der Waals surface area contributed by atoms with Crippen LogP contribution in [0.2, 0.25) is 0 Å². The molecule has 0 spiro atoms. The van der Waals surface area contributed by atoms with Gasteiger partial charge in [0.05, 0.1) is 14.2 Å². The van der Waals surface area contributed by atoms with E-state index in [0.29, 0.717) is 35.0 Å². The smallest absolute Gasteiger partial charge is 0.255 e. The van der Waals surface area contributed by atoms with Gasteiger partial charge >= 0.3 is 0 Å². The molecule has 0 fully saturated rings. The Morgan fingerprint density at radius 2 is 1.73 bits per heavy atom. The normalized spacial score (nSPS) is 13.4. The molecule has 0 saturated heterocycles. The van der Waals surface area contributed by atoms with Crippen LogP contribution in [-0.4, -0.2) is 42.7 Å². The predicted octanol–water partition coefficient (Wildman–Crippen LogP) is 4.60. The number of carbonyl (C=O) groups excluding carboxylic acids is 2. The van der Waals surface area contributed by atoms with Gasteiger partial charge in [0.15, 0.2) is 11.5 Å². The summed E-state index contributed by atoms with van der Waals surface area (Å²) in [7, 11) is 3.11. The lowest BCUT2D eigenvalue weighted by Gasteiger charge is -2.27. The van der Waals surface area contributed by atoms with Gasteiger partial charge in [-0.15, -0.1) is 0 Å². The summed E-state index contributed by atoms with van der Waals surface area (Å²) in [5.41, 5.74) is 3.37. The van der Waals surface area contributed by atoms with Crippen LogP contribution in [-0.2, 0) is 17.1 Å². The largest absolute Gasteiger partial charge is 0.493 e. The van der Waals surface area contributed by atoms with Crippen molar-refractivity contribution in [2.75, 3.05) is 25.3 Å².